The molecule has 0 fully saturated rings. The number of nitrogens with zero attached hydrogens (tertiary/aromatic N) is 1. The quantitative estimate of drug-likeness (QED) is 0.119. The summed E-state index contributed by atoms with van der Waals surface area (Å²) < 4.78 is 5.33. The highest BCUT2D eigenvalue weighted by atomic mass is 16.5. The van der Waals surface area contributed by atoms with Crippen molar-refractivity contribution in [3.8, 4) is 5.75 Å². The summed E-state index contributed by atoms with van der Waals surface area (Å²) >= 11 is 0. The molecule has 1 aliphatic rings. The minimum Gasteiger partial charge on any atom is -0.471 e. The first-order valence-corrected chi connectivity index (χ1v) is 8.98. The number of ketones is 1. The van der Waals surface area contributed by atoms with Crippen molar-refractivity contribution in [1.29, 1.82) is 0 Å². The van der Waals surface area contributed by atoms with E-state index in [0.717, 1.165) is 19.3 Å². The molecule has 1 aliphatic heterocycles. The molecule has 10 nitrogen and oxygen atoms in total. The van der Waals surface area contributed by atoms with Gasteiger partial charge >= 0.3 is 0 Å². The van der Waals surface area contributed by atoms with Crippen molar-refractivity contribution in [2.45, 2.75) is 38.7 Å². The summed E-state index contributed by atoms with van der Waals surface area (Å²) in [7, 11) is 0. The van der Waals surface area contributed by atoms with Gasteiger partial charge in [0, 0.05) is 5.69 Å². The van der Waals surface area contributed by atoms with Gasteiger partial charge in [0.1, 0.15) is 5.75 Å². The number of fused-ring (bicyclic) bond motifs is 1. The van der Waals surface area contributed by atoms with Crippen LogP contribution in [0.1, 0.15) is 43.0 Å². The molecule has 1 aromatic rings. The molecule has 0 aliphatic carbocycles. The highest BCUT2D eigenvalue weighted by molar-refractivity contribution is 6.16. The van der Waals surface area contributed by atoms with Crippen molar-refractivity contribution >= 4 is 29.7 Å². The van der Waals surface area contributed by atoms with Crippen molar-refractivity contribution in [2.24, 2.45) is 5.92 Å². The molecule has 0 saturated heterocycles. The van der Waals surface area contributed by atoms with E-state index >= 15 is 0 Å². The van der Waals surface area contributed by atoms with Crippen LogP contribution in [0.2, 0.25) is 0 Å². The molecule has 2 rings (SSSR count). The zero-order valence-corrected chi connectivity index (χ0v) is 15.5. The van der Waals surface area contributed by atoms with Gasteiger partial charge in [-0.05, 0) is 24.6 Å². The van der Waals surface area contributed by atoms with Gasteiger partial charge in [0.2, 0.25) is 24.2 Å². The van der Waals surface area contributed by atoms with Crippen LogP contribution in [0.3, 0.4) is 0 Å². The molecule has 0 radical (unpaired) electrons. The van der Waals surface area contributed by atoms with Crippen LogP contribution >= 0.6 is 0 Å². The second kappa shape index (κ2) is 9.70. The lowest BCUT2D eigenvalue weighted by molar-refractivity contribution is -0.155. The Hall–Kier alpha value is -3.14. The van der Waals surface area contributed by atoms with Crippen molar-refractivity contribution in [2.75, 3.05) is 12.3 Å². The van der Waals surface area contributed by atoms with E-state index in [9.17, 15) is 24.4 Å². The molecule has 152 valence electrons. The molecular weight excluding hydrogens is 368 g/mol. The minimum atomic E-state index is -1.43. The Balaban J connectivity index is 1.93. The Morgan fingerprint density at radius 3 is 2.79 bits per heavy atom. The van der Waals surface area contributed by atoms with Crippen LogP contribution in [0, 0.1) is 5.92 Å². The number of unbranched alkanes of at least 4 members (excludes halogenated alkanes) is 2. The van der Waals surface area contributed by atoms with Crippen LogP contribution in [0.15, 0.2) is 18.2 Å². The van der Waals surface area contributed by atoms with E-state index in [2.05, 4.69) is 10.9 Å². The lowest BCUT2D eigenvalue weighted by Gasteiger charge is -2.20. The number of hydrogen-bond acceptors (Lipinski definition) is 7. The molecule has 1 heterocycles. The summed E-state index contributed by atoms with van der Waals surface area (Å²) in [6.07, 6.45) is 1.73. The first-order valence-electron chi connectivity index (χ1n) is 8.98. The average Bonchev–Trinajstić information content (AvgIpc) is 3.01. The number of hydroxylamine groups is 2. The minimum absolute atomic E-state index is 0.200. The van der Waals surface area contributed by atoms with Gasteiger partial charge in [0.05, 0.1) is 18.0 Å². The Kier molecular flexibility index (Phi) is 7.33. The van der Waals surface area contributed by atoms with Crippen LogP contribution < -0.4 is 21.3 Å². The predicted octanol–water partition coefficient (Wildman–Crippen LogP) is 0.404. The van der Waals surface area contributed by atoms with Gasteiger partial charge in [0.25, 0.3) is 5.91 Å². The van der Waals surface area contributed by atoms with Gasteiger partial charge in [-0.3, -0.25) is 35.2 Å². The lowest BCUT2D eigenvalue weighted by Crippen LogP contribution is -2.51. The fraction of sp³-hybridized carbons (Fsp3) is 0.444. The van der Waals surface area contributed by atoms with E-state index in [4.69, 9.17) is 10.5 Å². The van der Waals surface area contributed by atoms with Gasteiger partial charge in [-0.15, -0.1) is 0 Å². The van der Waals surface area contributed by atoms with Crippen LogP contribution in [0.25, 0.3) is 0 Å². The summed E-state index contributed by atoms with van der Waals surface area (Å²) in [5, 5.41) is 9.74. The molecule has 0 saturated carbocycles. The predicted molar refractivity (Wildman–Crippen MR) is 98.1 cm³/mol. The standard InChI is InChI=1S/C18H24N4O6/c1-2-3-4-5-11(9-22(27)10-23)17(25)20-21-18(26)16-15(24)13-8-12(19)6-7-14(13)28-16/h6-8,10-11,16,27H,2-5,9,19H2,1H3,(H,20,25)(H,21,26)/t11-,16?/m1/s1. The van der Waals surface area contributed by atoms with Crippen LogP contribution in [-0.4, -0.2) is 46.9 Å². The molecular formula is C18H24N4O6. The molecule has 0 bridgehead atoms. The third-order valence-corrected chi connectivity index (χ3v) is 4.36. The van der Waals surface area contributed by atoms with Crippen molar-refractivity contribution in [1.82, 2.24) is 15.9 Å². The Bertz CT molecular complexity index is 754. The molecule has 0 spiro atoms. The van der Waals surface area contributed by atoms with E-state index in [-0.39, 0.29) is 24.3 Å². The molecule has 3 amide bonds. The third-order valence-electron chi connectivity index (χ3n) is 4.36. The third kappa shape index (κ3) is 5.19. The number of carbonyl (C=O) groups is 4. The Morgan fingerprint density at radius 1 is 1.36 bits per heavy atom. The number of carbonyl (C=O) groups excluding carboxylic acids is 4. The molecule has 0 aromatic heterocycles. The number of rotatable bonds is 9. The van der Waals surface area contributed by atoms with Crippen molar-refractivity contribution in [3.05, 3.63) is 23.8 Å². The number of benzene rings is 1. The molecule has 5 N–H and O–H groups in total. The number of nitrogens with one attached hydrogen (secondary N) is 2. The van der Waals surface area contributed by atoms with Gasteiger partial charge in [-0.1, -0.05) is 26.2 Å². The van der Waals surface area contributed by atoms with Gasteiger partial charge < -0.3 is 10.5 Å². The molecule has 1 unspecified atom stereocenters. The fourth-order valence-electron chi connectivity index (χ4n) is 2.84. The number of ether oxygens (including phenoxy) is 1. The molecule has 10 heteroatoms. The maximum absolute atomic E-state index is 12.3. The SMILES string of the molecule is CCCCC[C@H](CN(O)C=O)C(=O)NNC(=O)C1Oc2ccc(N)cc2C1=O. The summed E-state index contributed by atoms with van der Waals surface area (Å²) in [5.74, 6) is -2.46. The smallest absolute Gasteiger partial charge is 0.287 e. The highest BCUT2D eigenvalue weighted by Gasteiger charge is 2.38. The summed E-state index contributed by atoms with van der Waals surface area (Å²) in [4.78, 5) is 47.5. The van der Waals surface area contributed by atoms with Crippen LogP contribution in [-0.2, 0) is 14.4 Å². The summed E-state index contributed by atoms with van der Waals surface area (Å²) in [6.45, 7) is 1.79. The van der Waals surface area contributed by atoms with E-state index in [1.165, 1.54) is 12.1 Å². The normalized spacial score (nSPS) is 15.9. The molecule has 1 aromatic carbocycles. The number of nitrogen functional groups attached to an aromatic ring is 1. The van der Waals surface area contributed by atoms with E-state index in [1.54, 1.807) is 6.07 Å². The second-order valence-corrected chi connectivity index (χ2v) is 6.52. The Morgan fingerprint density at radius 2 is 2.11 bits per heavy atom. The second-order valence-electron chi connectivity index (χ2n) is 6.52. The lowest BCUT2D eigenvalue weighted by atomic mass is 10.0. The number of nitrogens with two attached hydrogens (primary N) is 1. The van der Waals surface area contributed by atoms with Crippen LogP contribution in [0.4, 0.5) is 5.69 Å². The van der Waals surface area contributed by atoms with Crippen molar-refractivity contribution < 1.29 is 29.1 Å². The summed E-state index contributed by atoms with van der Waals surface area (Å²) in [6, 6.07) is 4.46. The van der Waals surface area contributed by atoms with E-state index in [0.29, 0.717) is 17.2 Å². The van der Waals surface area contributed by atoms with E-state index < -0.39 is 29.6 Å². The largest absolute Gasteiger partial charge is 0.471 e. The Labute approximate surface area is 161 Å². The summed E-state index contributed by atoms with van der Waals surface area (Å²) in [5.41, 5.74) is 10.6. The number of amides is 3. The van der Waals surface area contributed by atoms with Gasteiger partial charge in [-0.25, -0.2) is 5.06 Å². The number of hydrogen-bond donors (Lipinski definition) is 4. The first-order chi connectivity index (χ1) is 13.4. The van der Waals surface area contributed by atoms with Crippen molar-refractivity contribution in [3.63, 3.8) is 0 Å². The fourth-order valence-corrected chi connectivity index (χ4v) is 2.84. The highest BCUT2D eigenvalue weighted by Crippen LogP contribution is 2.30. The monoisotopic (exact) mass is 392 g/mol. The molecule has 28 heavy (non-hydrogen) atoms. The zero-order chi connectivity index (χ0) is 20.7. The number of hydrazine groups is 1. The first kappa shape index (κ1) is 21.2. The van der Waals surface area contributed by atoms with Gasteiger partial charge in [0.15, 0.2) is 0 Å². The number of anilines is 1. The van der Waals surface area contributed by atoms with Crippen LogP contribution in [0.5, 0.6) is 5.75 Å². The maximum atomic E-state index is 12.3. The van der Waals surface area contributed by atoms with Gasteiger partial charge in [-0.2, -0.15) is 0 Å². The average molecular weight is 392 g/mol. The van der Waals surface area contributed by atoms with E-state index in [1.807, 2.05) is 6.92 Å². The maximum Gasteiger partial charge on any atom is 0.287 e. The zero-order valence-electron chi connectivity index (χ0n) is 15.5. The number of Topliss-reactive ketones (excluding diaryl/α,β-unsaturated/α-hetero) is 1. The molecule has 2 atom stereocenters. The topological polar surface area (TPSA) is 151 Å².